The summed E-state index contributed by atoms with van der Waals surface area (Å²) in [6.07, 6.45) is 0. The van der Waals surface area contributed by atoms with Gasteiger partial charge in [0, 0.05) is 21.9 Å². The predicted molar refractivity (Wildman–Crippen MR) is 170 cm³/mol. The van der Waals surface area contributed by atoms with Gasteiger partial charge in [0.1, 0.15) is 0 Å². The average molecular weight is 600 g/mol. The van der Waals surface area contributed by atoms with Gasteiger partial charge in [0.05, 0.1) is 25.1 Å². The number of sulfone groups is 2. The van der Waals surface area contributed by atoms with E-state index >= 15 is 0 Å². The van der Waals surface area contributed by atoms with Crippen LogP contribution in [0.4, 0.5) is 0 Å². The van der Waals surface area contributed by atoms with Crippen LogP contribution < -0.4 is 0 Å². The first-order valence-corrected chi connectivity index (χ1v) is 16.7. The molecule has 210 valence electrons. The normalized spacial score (nSPS) is 12.1. The Bertz CT molecular complexity index is 2360. The zero-order valence-corrected chi connectivity index (χ0v) is 24.4. The van der Waals surface area contributed by atoms with E-state index in [2.05, 4.69) is 4.98 Å². The van der Waals surface area contributed by atoms with Gasteiger partial charge in [-0.05, 0) is 71.3 Å². The third-order valence-electron chi connectivity index (χ3n) is 7.68. The fourth-order valence-corrected chi connectivity index (χ4v) is 8.23. The Morgan fingerprint density at radius 1 is 0.419 bits per heavy atom. The summed E-state index contributed by atoms with van der Waals surface area (Å²) in [5.41, 5.74) is 4.74. The highest BCUT2D eigenvalue weighted by Crippen LogP contribution is 2.42. The number of H-pyrrole nitrogens is 1. The molecule has 1 heterocycles. The first-order valence-electron chi connectivity index (χ1n) is 13.7. The van der Waals surface area contributed by atoms with Gasteiger partial charge in [-0.3, -0.25) is 0 Å². The number of nitrogens with one attached hydrogen (secondary N) is 1. The molecule has 0 bridgehead atoms. The zero-order valence-electron chi connectivity index (χ0n) is 22.8. The van der Waals surface area contributed by atoms with Crippen LogP contribution in [-0.2, 0) is 19.7 Å². The molecule has 0 amide bonds. The van der Waals surface area contributed by atoms with Crippen molar-refractivity contribution < 1.29 is 16.8 Å². The molecule has 0 saturated carbocycles. The van der Waals surface area contributed by atoms with Crippen LogP contribution in [0.25, 0.3) is 44.1 Å². The molecule has 0 aliphatic rings. The van der Waals surface area contributed by atoms with Gasteiger partial charge < -0.3 is 4.98 Å². The van der Waals surface area contributed by atoms with Gasteiger partial charge in [0.2, 0.25) is 19.7 Å². The molecular formula is C36H25NO4S2. The number of benzene rings is 6. The second-order valence-corrected chi connectivity index (χ2v) is 14.2. The van der Waals surface area contributed by atoms with E-state index < -0.39 is 19.7 Å². The van der Waals surface area contributed by atoms with Gasteiger partial charge in [-0.15, -0.1) is 0 Å². The van der Waals surface area contributed by atoms with Gasteiger partial charge in [-0.2, -0.15) is 0 Å². The zero-order chi connectivity index (χ0) is 29.6. The third kappa shape index (κ3) is 4.63. The molecule has 0 radical (unpaired) electrons. The van der Waals surface area contributed by atoms with E-state index in [-0.39, 0.29) is 19.6 Å². The van der Waals surface area contributed by atoms with Crippen LogP contribution in [0.2, 0.25) is 0 Å². The molecule has 7 aromatic rings. The van der Waals surface area contributed by atoms with E-state index in [9.17, 15) is 16.8 Å². The molecule has 0 aliphatic heterocycles. The van der Waals surface area contributed by atoms with E-state index in [1.807, 2.05) is 48.5 Å². The summed E-state index contributed by atoms with van der Waals surface area (Å²) in [6.45, 7) is 0. The lowest BCUT2D eigenvalue weighted by Gasteiger charge is -2.15. The van der Waals surface area contributed by atoms with Gasteiger partial charge in [0.25, 0.3) is 0 Å². The number of aromatic nitrogens is 1. The molecule has 0 fully saturated rings. The van der Waals surface area contributed by atoms with Crippen LogP contribution in [-0.4, -0.2) is 21.8 Å². The molecule has 0 unspecified atom stereocenters. The number of hydrogen-bond acceptors (Lipinski definition) is 4. The minimum atomic E-state index is -3.77. The maximum absolute atomic E-state index is 13.6. The average Bonchev–Trinajstić information content (AvgIpc) is 3.44. The van der Waals surface area contributed by atoms with Gasteiger partial charge in [-0.1, -0.05) is 91.0 Å². The van der Waals surface area contributed by atoms with Crippen molar-refractivity contribution in [3.8, 4) is 22.3 Å². The molecule has 0 atom stereocenters. The molecule has 0 spiro atoms. The number of fused-ring (bicyclic) bond motifs is 3. The summed E-state index contributed by atoms with van der Waals surface area (Å²) >= 11 is 0. The van der Waals surface area contributed by atoms with Crippen molar-refractivity contribution in [2.45, 2.75) is 19.6 Å². The summed E-state index contributed by atoms with van der Waals surface area (Å²) in [6, 6.07) is 42.5. The topological polar surface area (TPSA) is 84.1 Å². The monoisotopic (exact) mass is 599 g/mol. The van der Waals surface area contributed by atoms with E-state index in [0.29, 0.717) is 11.1 Å². The van der Waals surface area contributed by atoms with Crippen molar-refractivity contribution in [2.24, 2.45) is 0 Å². The molecular weight excluding hydrogens is 575 g/mol. The highest BCUT2D eigenvalue weighted by Gasteiger charge is 2.22. The first-order chi connectivity index (χ1) is 20.8. The molecule has 1 N–H and O–H groups in total. The Morgan fingerprint density at radius 3 is 1.56 bits per heavy atom. The van der Waals surface area contributed by atoms with E-state index in [1.165, 1.54) is 0 Å². The summed E-state index contributed by atoms with van der Waals surface area (Å²) in [5.74, 6) is 0. The Hall–Kier alpha value is -4.98. The standard InChI is InChI=1S/C36H25NO4S2/c38-42(39,27-13-3-1-4-14-27)29-17-9-11-25(23-29)31-21-22-33-32-19-7-8-20-34(32)37-36(33)35(31)26-12-10-18-30(24-26)43(40,41)28-15-5-2-6-16-28/h1-24,37H. The third-order valence-corrected chi connectivity index (χ3v) is 11.2. The van der Waals surface area contributed by atoms with Crippen molar-refractivity contribution in [2.75, 3.05) is 0 Å². The largest absolute Gasteiger partial charge is 0.354 e. The minimum absolute atomic E-state index is 0.177. The van der Waals surface area contributed by atoms with Gasteiger partial charge >= 0.3 is 0 Å². The summed E-state index contributed by atoms with van der Waals surface area (Å²) in [4.78, 5) is 4.34. The summed E-state index contributed by atoms with van der Waals surface area (Å²) < 4.78 is 54.2. The van der Waals surface area contributed by atoms with Crippen molar-refractivity contribution in [1.82, 2.24) is 4.98 Å². The van der Waals surface area contributed by atoms with Gasteiger partial charge in [-0.25, -0.2) is 16.8 Å². The molecule has 43 heavy (non-hydrogen) atoms. The Kier molecular flexibility index (Phi) is 6.49. The van der Waals surface area contributed by atoms with Crippen molar-refractivity contribution in [1.29, 1.82) is 0 Å². The Morgan fingerprint density at radius 2 is 0.930 bits per heavy atom. The fourth-order valence-electron chi connectivity index (χ4n) is 5.58. The maximum atomic E-state index is 13.6. The number of para-hydroxylation sites is 1. The molecule has 1 aromatic heterocycles. The van der Waals surface area contributed by atoms with Crippen LogP contribution >= 0.6 is 0 Å². The second-order valence-electron chi connectivity index (χ2n) is 10.3. The first kappa shape index (κ1) is 26.9. The van der Waals surface area contributed by atoms with E-state index in [1.54, 1.807) is 97.1 Å². The molecule has 5 nitrogen and oxygen atoms in total. The second kappa shape index (κ2) is 10.4. The quantitative estimate of drug-likeness (QED) is 0.208. The number of rotatable bonds is 6. The maximum Gasteiger partial charge on any atom is 0.206 e. The van der Waals surface area contributed by atoms with Crippen molar-refractivity contribution in [3.05, 3.63) is 146 Å². The molecule has 6 aromatic carbocycles. The molecule has 0 aliphatic carbocycles. The Labute approximate surface area is 249 Å². The molecule has 7 rings (SSSR count). The highest BCUT2D eigenvalue weighted by molar-refractivity contribution is 7.91. The fraction of sp³-hybridized carbons (Fsp3) is 0. The van der Waals surface area contributed by atoms with Gasteiger partial charge in [0.15, 0.2) is 0 Å². The van der Waals surface area contributed by atoms with Crippen LogP contribution in [0, 0.1) is 0 Å². The number of aromatic amines is 1. The lowest BCUT2D eigenvalue weighted by atomic mass is 9.92. The smallest absolute Gasteiger partial charge is 0.206 e. The van der Waals surface area contributed by atoms with Crippen LogP contribution in [0.1, 0.15) is 0 Å². The van der Waals surface area contributed by atoms with Crippen LogP contribution in [0.5, 0.6) is 0 Å². The summed E-state index contributed by atoms with van der Waals surface area (Å²) in [7, 11) is -7.52. The lowest BCUT2D eigenvalue weighted by molar-refractivity contribution is 0.594. The lowest BCUT2D eigenvalue weighted by Crippen LogP contribution is -2.02. The highest BCUT2D eigenvalue weighted by atomic mass is 32.2. The minimum Gasteiger partial charge on any atom is -0.354 e. The van der Waals surface area contributed by atoms with E-state index in [4.69, 9.17) is 0 Å². The van der Waals surface area contributed by atoms with Crippen LogP contribution in [0.15, 0.2) is 165 Å². The summed E-state index contributed by atoms with van der Waals surface area (Å²) in [5, 5.41) is 2.03. The SMILES string of the molecule is O=S(=O)(c1ccccc1)c1cccc(-c2ccc3c([nH]c4ccccc43)c2-c2cccc(S(=O)(=O)c3ccccc3)c2)c1. The van der Waals surface area contributed by atoms with Crippen molar-refractivity contribution >= 4 is 41.5 Å². The molecule has 0 saturated heterocycles. The van der Waals surface area contributed by atoms with Crippen molar-refractivity contribution in [3.63, 3.8) is 0 Å². The molecule has 7 heteroatoms. The Balaban J connectivity index is 1.47. The predicted octanol–water partition coefficient (Wildman–Crippen LogP) is 8.32. The number of hydrogen-bond donors (Lipinski definition) is 1. The van der Waals surface area contributed by atoms with E-state index in [0.717, 1.165) is 32.9 Å². The van der Waals surface area contributed by atoms with Crippen LogP contribution in [0.3, 0.4) is 0 Å².